The van der Waals surface area contributed by atoms with E-state index < -0.39 is 46.4 Å². The van der Waals surface area contributed by atoms with E-state index in [2.05, 4.69) is 0 Å². The Bertz CT molecular complexity index is 800. The normalized spacial score (nSPS) is 18.2. The molecule has 0 saturated heterocycles. The van der Waals surface area contributed by atoms with Gasteiger partial charge < -0.3 is 9.47 Å². The number of anilines is 1. The summed E-state index contributed by atoms with van der Waals surface area (Å²) in [6.45, 7) is 7.80. The molecule has 0 aliphatic carbocycles. The molecule has 0 bridgehead atoms. The zero-order valence-electron chi connectivity index (χ0n) is 16.5. The number of fused-ring (bicyclic) bond motifs is 1. The predicted molar refractivity (Wildman–Crippen MR) is 99.5 cm³/mol. The van der Waals surface area contributed by atoms with E-state index in [9.17, 15) is 24.5 Å². The Morgan fingerprint density at radius 2 is 1.89 bits per heavy atom. The molecule has 0 saturated carbocycles. The third-order valence-corrected chi connectivity index (χ3v) is 4.35. The van der Waals surface area contributed by atoms with Crippen LogP contribution in [0.15, 0.2) is 24.3 Å². The van der Waals surface area contributed by atoms with Crippen molar-refractivity contribution in [2.45, 2.75) is 52.2 Å². The minimum Gasteiger partial charge on any atom is -0.466 e. The van der Waals surface area contributed by atoms with Crippen molar-refractivity contribution in [2.75, 3.05) is 11.5 Å². The van der Waals surface area contributed by atoms with Crippen molar-refractivity contribution in [1.29, 1.82) is 0 Å². The molecule has 0 aromatic heterocycles. The summed E-state index contributed by atoms with van der Waals surface area (Å²) in [6, 6.07) is 4.98. The molecule has 1 aromatic rings. The Morgan fingerprint density at radius 1 is 1.29 bits per heavy atom. The number of amides is 2. The Balaban J connectivity index is 2.54. The van der Waals surface area contributed by atoms with Crippen LogP contribution in [0.3, 0.4) is 0 Å². The Morgan fingerprint density at radius 3 is 2.43 bits per heavy atom. The SMILES string of the molecule is CCOC(=O)[C@H](C1C(=O)N(C(=O)OC(C)(C)C)c2ccccc21)[C@@H](C)[N+](=O)[O-]. The van der Waals surface area contributed by atoms with Crippen LogP contribution >= 0.6 is 0 Å². The molecule has 9 heteroatoms. The van der Waals surface area contributed by atoms with Crippen LogP contribution in [0.2, 0.25) is 0 Å². The standard InChI is InChI=1S/C19H24N2O7/c1-6-27-17(23)14(11(2)21(25)26)15-12-9-7-8-10-13(12)20(16(15)22)18(24)28-19(3,4)5/h7-11,14-15H,6H2,1-5H3/t11-,14+,15?/m1/s1. The molecule has 0 fully saturated rings. The molecule has 1 aromatic carbocycles. The van der Waals surface area contributed by atoms with Crippen LogP contribution in [0, 0.1) is 16.0 Å². The van der Waals surface area contributed by atoms with Gasteiger partial charge in [-0.2, -0.15) is 0 Å². The number of rotatable bonds is 5. The molecule has 3 atom stereocenters. The lowest BCUT2D eigenvalue weighted by Crippen LogP contribution is -2.44. The molecular formula is C19H24N2O7. The van der Waals surface area contributed by atoms with Gasteiger partial charge in [0.05, 0.1) is 18.2 Å². The van der Waals surface area contributed by atoms with Gasteiger partial charge in [-0.05, 0) is 39.3 Å². The van der Waals surface area contributed by atoms with Crippen LogP contribution in [-0.4, -0.2) is 41.1 Å². The molecule has 0 radical (unpaired) electrons. The summed E-state index contributed by atoms with van der Waals surface area (Å²) in [6.07, 6.45) is -0.899. The Labute approximate surface area is 162 Å². The van der Waals surface area contributed by atoms with Gasteiger partial charge in [-0.3, -0.25) is 19.7 Å². The summed E-state index contributed by atoms with van der Waals surface area (Å²) in [4.78, 5) is 49.9. The predicted octanol–water partition coefficient (Wildman–Crippen LogP) is 2.90. The average Bonchev–Trinajstić information content (AvgIpc) is 2.86. The first kappa shape index (κ1) is 21.3. The van der Waals surface area contributed by atoms with Gasteiger partial charge in [-0.25, -0.2) is 9.69 Å². The lowest BCUT2D eigenvalue weighted by atomic mass is 9.82. The van der Waals surface area contributed by atoms with Crippen molar-refractivity contribution in [2.24, 2.45) is 5.92 Å². The van der Waals surface area contributed by atoms with Crippen LogP contribution in [0.4, 0.5) is 10.5 Å². The van der Waals surface area contributed by atoms with E-state index in [0.29, 0.717) is 5.56 Å². The molecule has 0 spiro atoms. The van der Waals surface area contributed by atoms with Gasteiger partial charge >= 0.3 is 12.1 Å². The highest BCUT2D eigenvalue weighted by molar-refractivity contribution is 6.20. The smallest absolute Gasteiger partial charge is 0.421 e. The van der Waals surface area contributed by atoms with E-state index in [1.807, 2.05) is 0 Å². The van der Waals surface area contributed by atoms with E-state index >= 15 is 0 Å². The first-order valence-corrected chi connectivity index (χ1v) is 8.95. The van der Waals surface area contributed by atoms with E-state index in [1.54, 1.807) is 45.9 Å². The van der Waals surface area contributed by atoms with Crippen LogP contribution in [0.5, 0.6) is 0 Å². The fourth-order valence-corrected chi connectivity index (χ4v) is 3.17. The number of nitro groups is 1. The van der Waals surface area contributed by atoms with Gasteiger partial charge in [0.2, 0.25) is 11.9 Å². The monoisotopic (exact) mass is 392 g/mol. The van der Waals surface area contributed by atoms with Crippen molar-refractivity contribution in [3.63, 3.8) is 0 Å². The number of hydrogen-bond acceptors (Lipinski definition) is 7. The number of benzene rings is 1. The van der Waals surface area contributed by atoms with Crippen molar-refractivity contribution >= 4 is 23.7 Å². The summed E-state index contributed by atoms with van der Waals surface area (Å²) < 4.78 is 10.3. The fourth-order valence-electron chi connectivity index (χ4n) is 3.17. The molecular weight excluding hydrogens is 368 g/mol. The Kier molecular flexibility index (Phi) is 6.06. The number of para-hydroxylation sites is 1. The number of imide groups is 1. The molecule has 2 rings (SSSR count). The number of ether oxygens (including phenoxy) is 2. The third kappa shape index (κ3) is 4.13. The number of esters is 1. The minimum absolute atomic E-state index is 0.0120. The highest BCUT2D eigenvalue weighted by Crippen LogP contribution is 2.43. The van der Waals surface area contributed by atoms with Crippen LogP contribution in [-0.2, 0) is 19.1 Å². The summed E-state index contributed by atoms with van der Waals surface area (Å²) >= 11 is 0. The molecule has 1 aliphatic heterocycles. The fraction of sp³-hybridized carbons (Fsp3) is 0.526. The van der Waals surface area contributed by atoms with Crippen LogP contribution in [0.1, 0.15) is 46.1 Å². The number of hydrogen-bond donors (Lipinski definition) is 0. The molecule has 152 valence electrons. The zero-order chi connectivity index (χ0) is 21.2. The van der Waals surface area contributed by atoms with E-state index in [-0.39, 0.29) is 12.3 Å². The average molecular weight is 392 g/mol. The first-order chi connectivity index (χ1) is 13.0. The molecule has 0 N–H and O–H groups in total. The lowest BCUT2D eigenvalue weighted by Gasteiger charge is -2.25. The summed E-state index contributed by atoms with van der Waals surface area (Å²) in [5.74, 6) is -4.20. The third-order valence-electron chi connectivity index (χ3n) is 4.35. The topological polar surface area (TPSA) is 116 Å². The van der Waals surface area contributed by atoms with E-state index in [1.165, 1.54) is 13.0 Å². The van der Waals surface area contributed by atoms with Crippen LogP contribution in [0.25, 0.3) is 0 Å². The van der Waals surface area contributed by atoms with Crippen molar-refractivity contribution < 1.29 is 28.8 Å². The van der Waals surface area contributed by atoms with Gasteiger partial charge in [0.1, 0.15) is 11.5 Å². The highest BCUT2D eigenvalue weighted by Gasteiger charge is 2.53. The van der Waals surface area contributed by atoms with Gasteiger partial charge in [-0.1, -0.05) is 18.2 Å². The maximum atomic E-state index is 13.2. The van der Waals surface area contributed by atoms with Gasteiger partial charge in [-0.15, -0.1) is 0 Å². The Hall–Kier alpha value is -2.97. The van der Waals surface area contributed by atoms with Crippen molar-refractivity contribution in [3.05, 3.63) is 39.9 Å². The lowest BCUT2D eigenvalue weighted by molar-refractivity contribution is -0.525. The second-order valence-electron chi connectivity index (χ2n) is 7.49. The zero-order valence-corrected chi connectivity index (χ0v) is 16.5. The molecule has 9 nitrogen and oxygen atoms in total. The van der Waals surface area contributed by atoms with Gasteiger partial charge in [0, 0.05) is 11.8 Å². The molecule has 28 heavy (non-hydrogen) atoms. The summed E-state index contributed by atoms with van der Waals surface area (Å²) in [5, 5.41) is 11.4. The summed E-state index contributed by atoms with van der Waals surface area (Å²) in [5.41, 5.74) is -0.249. The molecule has 2 amide bonds. The maximum Gasteiger partial charge on any atom is 0.421 e. The second kappa shape index (κ2) is 7.95. The maximum absolute atomic E-state index is 13.2. The highest BCUT2D eigenvalue weighted by atomic mass is 16.6. The number of carbonyl (C=O) groups excluding carboxylic acids is 3. The van der Waals surface area contributed by atoms with Crippen LogP contribution < -0.4 is 4.90 Å². The largest absolute Gasteiger partial charge is 0.466 e. The first-order valence-electron chi connectivity index (χ1n) is 8.95. The van der Waals surface area contributed by atoms with E-state index in [0.717, 1.165) is 4.90 Å². The minimum atomic E-state index is -1.39. The van der Waals surface area contributed by atoms with E-state index in [4.69, 9.17) is 9.47 Å². The quantitative estimate of drug-likeness (QED) is 0.430. The number of nitrogens with zero attached hydrogens (tertiary/aromatic N) is 2. The molecule has 1 heterocycles. The molecule has 1 aliphatic rings. The van der Waals surface area contributed by atoms with Gasteiger partial charge in [0.15, 0.2) is 0 Å². The van der Waals surface area contributed by atoms with Gasteiger partial charge in [0.25, 0.3) is 0 Å². The van der Waals surface area contributed by atoms with Crippen molar-refractivity contribution in [3.8, 4) is 0 Å². The van der Waals surface area contributed by atoms with Crippen molar-refractivity contribution in [1.82, 2.24) is 0 Å². The summed E-state index contributed by atoms with van der Waals surface area (Å²) in [7, 11) is 0. The number of carbonyl (C=O) groups is 3. The molecule has 1 unspecified atom stereocenters. The second-order valence-corrected chi connectivity index (χ2v) is 7.49.